The van der Waals surface area contributed by atoms with Crippen molar-refractivity contribution in [1.29, 1.82) is 0 Å². The van der Waals surface area contributed by atoms with Crippen LogP contribution in [0.1, 0.15) is 16.2 Å². The molecule has 2 aromatic heterocycles. The molecule has 0 saturated carbocycles. The molecule has 22 heavy (non-hydrogen) atoms. The van der Waals surface area contributed by atoms with E-state index >= 15 is 0 Å². The van der Waals surface area contributed by atoms with Crippen molar-refractivity contribution < 1.29 is 13.9 Å². The van der Waals surface area contributed by atoms with Crippen LogP contribution in [0.15, 0.2) is 29.1 Å². The molecule has 0 radical (unpaired) electrons. The number of anilines is 1. The fourth-order valence-electron chi connectivity index (χ4n) is 2.50. The molecule has 0 atom stereocenters. The van der Waals surface area contributed by atoms with Gasteiger partial charge in [0.05, 0.1) is 7.11 Å². The van der Waals surface area contributed by atoms with E-state index in [1.54, 1.807) is 25.1 Å². The molecule has 3 rings (SSSR count). The predicted molar refractivity (Wildman–Crippen MR) is 80.1 cm³/mol. The summed E-state index contributed by atoms with van der Waals surface area (Å²) in [5, 5.41) is 0. The van der Waals surface area contributed by atoms with Gasteiger partial charge in [0.1, 0.15) is 17.3 Å². The van der Waals surface area contributed by atoms with Crippen LogP contribution in [0.3, 0.4) is 0 Å². The van der Waals surface area contributed by atoms with Gasteiger partial charge < -0.3 is 19.0 Å². The number of aromatic nitrogens is 2. The Labute approximate surface area is 128 Å². The van der Waals surface area contributed by atoms with Crippen molar-refractivity contribution in [2.45, 2.75) is 6.92 Å². The van der Waals surface area contributed by atoms with E-state index < -0.39 is 0 Å². The Hall–Kier alpha value is -2.57. The molecule has 1 amide bonds. The van der Waals surface area contributed by atoms with Gasteiger partial charge in [0.15, 0.2) is 12.1 Å². The van der Waals surface area contributed by atoms with Crippen LogP contribution in [0.4, 0.5) is 5.82 Å². The first-order chi connectivity index (χ1) is 10.7. The summed E-state index contributed by atoms with van der Waals surface area (Å²) in [7, 11) is 1.63. The van der Waals surface area contributed by atoms with Crippen molar-refractivity contribution in [3.63, 3.8) is 0 Å². The lowest BCUT2D eigenvalue weighted by molar-refractivity contribution is 0.0739. The molecule has 0 spiro atoms. The van der Waals surface area contributed by atoms with Gasteiger partial charge in [0.25, 0.3) is 5.91 Å². The van der Waals surface area contributed by atoms with Gasteiger partial charge in [-0.3, -0.25) is 4.79 Å². The summed E-state index contributed by atoms with van der Waals surface area (Å²) in [6.07, 6.45) is 3.03. The molecule has 0 bridgehead atoms. The average molecular weight is 302 g/mol. The van der Waals surface area contributed by atoms with E-state index in [-0.39, 0.29) is 5.91 Å². The molecular weight excluding hydrogens is 284 g/mol. The molecule has 3 heterocycles. The summed E-state index contributed by atoms with van der Waals surface area (Å²) in [6.45, 7) is 4.45. The first kappa shape index (κ1) is 14.4. The number of oxazole rings is 1. The monoisotopic (exact) mass is 302 g/mol. The smallest absolute Gasteiger partial charge is 0.276 e. The van der Waals surface area contributed by atoms with E-state index in [2.05, 4.69) is 14.9 Å². The van der Waals surface area contributed by atoms with Crippen LogP contribution in [-0.4, -0.2) is 54.1 Å². The van der Waals surface area contributed by atoms with E-state index in [0.717, 1.165) is 24.7 Å². The van der Waals surface area contributed by atoms with Crippen molar-refractivity contribution in [1.82, 2.24) is 14.9 Å². The molecule has 0 N–H and O–H groups in total. The topological polar surface area (TPSA) is 71.7 Å². The summed E-state index contributed by atoms with van der Waals surface area (Å²) in [5.41, 5.74) is 0.396. The van der Waals surface area contributed by atoms with Crippen LogP contribution in [0.5, 0.6) is 5.75 Å². The first-order valence-corrected chi connectivity index (χ1v) is 7.13. The molecule has 1 aliphatic rings. The minimum atomic E-state index is -0.0792. The number of piperazine rings is 1. The van der Waals surface area contributed by atoms with Crippen LogP contribution in [0.25, 0.3) is 0 Å². The Bertz CT molecular complexity index is 662. The average Bonchev–Trinajstić information content (AvgIpc) is 3.00. The van der Waals surface area contributed by atoms with Gasteiger partial charge >= 0.3 is 0 Å². The second kappa shape index (κ2) is 6.05. The first-order valence-electron chi connectivity index (χ1n) is 7.13. The van der Waals surface area contributed by atoms with Crippen molar-refractivity contribution >= 4 is 11.7 Å². The number of nitrogens with zero attached hydrogens (tertiary/aromatic N) is 4. The highest BCUT2D eigenvalue weighted by molar-refractivity contribution is 5.93. The van der Waals surface area contributed by atoms with Crippen molar-refractivity contribution in [2.75, 3.05) is 38.2 Å². The van der Waals surface area contributed by atoms with E-state index in [9.17, 15) is 4.79 Å². The fourth-order valence-corrected chi connectivity index (χ4v) is 2.50. The zero-order valence-electron chi connectivity index (χ0n) is 12.7. The zero-order chi connectivity index (χ0) is 15.5. The molecule has 116 valence electrons. The second-order valence-electron chi connectivity index (χ2n) is 5.09. The highest BCUT2D eigenvalue weighted by atomic mass is 16.5. The van der Waals surface area contributed by atoms with Gasteiger partial charge in [-0.25, -0.2) is 9.97 Å². The predicted octanol–water partition coefficient (Wildman–Crippen LogP) is 1.35. The van der Waals surface area contributed by atoms with Crippen LogP contribution >= 0.6 is 0 Å². The van der Waals surface area contributed by atoms with Gasteiger partial charge in [-0.1, -0.05) is 0 Å². The third-order valence-electron chi connectivity index (χ3n) is 3.79. The van der Waals surface area contributed by atoms with Gasteiger partial charge in [-0.05, 0) is 13.0 Å². The number of hydrogen-bond donors (Lipinski definition) is 0. The third kappa shape index (κ3) is 2.74. The second-order valence-corrected chi connectivity index (χ2v) is 5.09. The number of ether oxygens (including phenoxy) is 1. The lowest BCUT2D eigenvalue weighted by Gasteiger charge is -2.35. The Balaban J connectivity index is 1.65. The summed E-state index contributed by atoms with van der Waals surface area (Å²) in [5.74, 6) is 2.12. The van der Waals surface area contributed by atoms with Crippen LogP contribution < -0.4 is 9.64 Å². The van der Waals surface area contributed by atoms with E-state index in [1.165, 1.54) is 6.39 Å². The number of hydrogen-bond acceptors (Lipinski definition) is 6. The van der Waals surface area contributed by atoms with Gasteiger partial charge in [0.2, 0.25) is 0 Å². The number of carbonyl (C=O) groups is 1. The molecule has 1 fully saturated rings. The van der Waals surface area contributed by atoms with Crippen LogP contribution in [0.2, 0.25) is 0 Å². The Morgan fingerprint density at radius 3 is 2.68 bits per heavy atom. The minimum absolute atomic E-state index is 0.0792. The molecule has 0 unspecified atom stereocenters. The van der Waals surface area contributed by atoms with Crippen molar-refractivity contribution in [3.05, 3.63) is 36.2 Å². The Kier molecular flexibility index (Phi) is 3.95. The van der Waals surface area contributed by atoms with Gasteiger partial charge in [-0.15, -0.1) is 0 Å². The minimum Gasteiger partial charge on any atom is -0.497 e. The molecule has 1 aliphatic heterocycles. The van der Waals surface area contributed by atoms with Gasteiger partial charge in [-0.2, -0.15) is 0 Å². The Morgan fingerprint density at radius 1 is 1.27 bits per heavy atom. The molecule has 0 aliphatic carbocycles. The summed E-state index contributed by atoms with van der Waals surface area (Å²) in [6, 6.07) is 3.72. The maximum Gasteiger partial charge on any atom is 0.276 e. The lowest BCUT2D eigenvalue weighted by atomic mass is 10.2. The zero-order valence-corrected chi connectivity index (χ0v) is 12.7. The maximum atomic E-state index is 12.4. The number of aryl methyl sites for hydroxylation is 1. The molecule has 0 aromatic carbocycles. The molecule has 7 heteroatoms. The third-order valence-corrected chi connectivity index (χ3v) is 3.79. The molecular formula is C15H18N4O3. The molecule has 2 aromatic rings. The van der Waals surface area contributed by atoms with Crippen molar-refractivity contribution in [2.24, 2.45) is 0 Å². The number of amides is 1. The number of pyridine rings is 1. The highest BCUT2D eigenvalue weighted by Gasteiger charge is 2.25. The summed E-state index contributed by atoms with van der Waals surface area (Å²) in [4.78, 5) is 24.7. The maximum absolute atomic E-state index is 12.4. The number of carbonyl (C=O) groups excluding carboxylic acids is 1. The summed E-state index contributed by atoms with van der Waals surface area (Å²) < 4.78 is 10.3. The van der Waals surface area contributed by atoms with E-state index in [1.807, 2.05) is 12.1 Å². The summed E-state index contributed by atoms with van der Waals surface area (Å²) >= 11 is 0. The number of methoxy groups -OCH3 is 1. The highest BCUT2D eigenvalue weighted by Crippen LogP contribution is 2.20. The molecule has 7 nitrogen and oxygen atoms in total. The van der Waals surface area contributed by atoms with Gasteiger partial charge in [0, 0.05) is 38.4 Å². The van der Waals surface area contributed by atoms with E-state index in [0.29, 0.717) is 24.5 Å². The standard InChI is InChI=1S/C15H18N4O3/c1-11-14(17-10-22-11)15(20)19-7-5-18(6-8-19)13-9-12(21-2)3-4-16-13/h3-4,9-10H,5-8H2,1-2H3. The quantitative estimate of drug-likeness (QED) is 0.852. The normalized spacial score (nSPS) is 15.0. The fraction of sp³-hybridized carbons (Fsp3) is 0.400. The van der Waals surface area contributed by atoms with E-state index in [4.69, 9.17) is 9.15 Å². The Morgan fingerprint density at radius 2 is 2.05 bits per heavy atom. The SMILES string of the molecule is COc1ccnc(N2CCN(C(=O)c3ncoc3C)CC2)c1. The van der Waals surface area contributed by atoms with Crippen LogP contribution in [0, 0.1) is 6.92 Å². The van der Waals surface area contributed by atoms with Crippen LogP contribution in [-0.2, 0) is 0 Å². The number of rotatable bonds is 3. The largest absolute Gasteiger partial charge is 0.497 e. The van der Waals surface area contributed by atoms with Crippen molar-refractivity contribution in [3.8, 4) is 5.75 Å². The molecule has 1 saturated heterocycles. The lowest BCUT2D eigenvalue weighted by Crippen LogP contribution is -2.49.